The summed E-state index contributed by atoms with van der Waals surface area (Å²) >= 11 is 5.69. The van der Waals surface area contributed by atoms with Gasteiger partial charge in [0.25, 0.3) is 0 Å². The van der Waals surface area contributed by atoms with Crippen molar-refractivity contribution in [2.75, 3.05) is 6.61 Å². The number of aromatic amines is 1. The number of rotatable bonds is 7. The van der Waals surface area contributed by atoms with Gasteiger partial charge in [-0.05, 0) is 95.6 Å². The van der Waals surface area contributed by atoms with Crippen LogP contribution >= 0.6 is 38.5 Å². The summed E-state index contributed by atoms with van der Waals surface area (Å²) < 4.78 is 13.9. The molecule has 0 aliphatic carbocycles. The Labute approximate surface area is 214 Å². The summed E-state index contributed by atoms with van der Waals surface area (Å²) in [6, 6.07) is 20.1. The lowest BCUT2D eigenvalue weighted by atomic mass is 10.1. The average molecular weight is 614 g/mol. The van der Waals surface area contributed by atoms with Crippen LogP contribution in [0.5, 0.6) is 11.5 Å². The molecule has 0 aliphatic heterocycles. The normalized spacial score (nSPS) is 11.4. The van der Waals surface area contributed by atoms with Gasteiger partial charge in [0.1, 0.15) is 18.5 Å². The molecule has 1 heterocycles. The van der Waals surface area contributed by atoms with E-state index in [9.17, 15) is 5.26 Å². The van der Waals surface area contributed by atoms with Crippen LogP contribution in [-0.4, -0.2) is 16.6 Å². The van der Waals surface area contributed by atoms with Crippen LogP contribution in [0.3, 0.4) is 0 Å². The number of halogens is 2. The van der Waals surface area contributed by atoms with Crippen LogP contribution in [0.15, 0.2) is 59.1 Å². The number of aryl methyl sites for hydroxylation is 1. The second-order valence-corrected chi connectivity index (χ2v) is 9.53. The number of hydrogen-bond acceptors (Lipinski definition) is 4. The van der Waals surface area contributed by atoms with Crippen LogP contribution in [0, 0.1) is 21.8 Å². The van der Waals surface area contributed by atoms with Crippen molar-refractivity contribution in [1.82, 2.24) is 9.97 Å². The molecule has 4 aromatic rings. The van der Waals surface area contributed by atoms with Crippen LogP contribution in [0.1, 0.15) is 29.4 Å². The lowest BCUT2D eigenvalue weighted by Gasteiger charge is -2.15. The number of H-pyrrole nitrogens is 1. The van der Waals surface area contributed by atoms with E-state index in [1.807, 2.05) is 74.5 Å². The molecule has 4 rings (SSSR count). The summed E-state index contributed by atoms with van der Waals surface area (Å²) in [6.07, 6.45) is 1.81. The summed E-state index contributed by atoms with van der Waals surface area (Å²) in [4.78, 5) is 7.83. The Morgan fingerprint density at radius 3 is 2.67 bits per heavy atom. The first-order valence-corrected chi connectivity index (χ1v) is 12.3. The predicted molar refractivity (Wildman–Crippen MR) is 143 cm³/mol. The third kappa shape index (κ3) is 5.57. The number of allylic oxidation sites excluding steroid dienone is 1. The topological polar surface area (TPSA) is 70.9 Å². The van der Waals surface area contributed by atoms with Crippen molar-refractivity contribution in [3.63, 3.8) is 0 Å². The fourth-order valence-electron chi connectivity index (χ4n) is 3.38. The maximum absolute atomic E-state index is 9.81. The van der Waals surface area contributed by atoms with Crippen molar-refractivity contribution in [3.8, 4) is 17.6 Å². The van der Waals surface area contributed by atoms with Crippen molar-refractivity contribution in [3.05, 3.63) is 85.2 Å². The second kappa shape index (κ2) is 10.4. The first-order chi connectivity index (χ1) is 16.0. The number of imidazole rings is 1. The molecule has 3 aromatic carbocycles. The van der Waals surface area contributed by atoms with Gasteiger partial charge in [-0.15, -0.1) is 0 Å². The minimum Gasteiger partial charge on any atom is -0.490 e. The molecule has 0 spiro atoms. The molecule has 0 amide bonds. The molecular weight excluding hydrogens is 593 g/mol. The van der Waals surface area contributed by atoms with Gasteiger partial charge in [-0.3, -0.25) is 0 Å². The van der Waals surface area contributed by atoms with E-state index in [1.165, 1.54) is 0 Å². The van der Waals surface area contributed by atoms with Crippen LogP contribution in [0.2, 0.25) is 0 Å². The molecule has 0 saturated carbocycles. The molecule has 166 valence electrons. The largest absolute Gasteiger partial charge is 0.490 e. The number of nitrogens with zero attached hydrogens (tertiary/aromatic N) is 2. The highest BCUT2D eigenvalue weighted by molar-refractivity contribution is 14.1. The Kier molecular flexibility index (Phi) is 7.36. The quantitative estimate of drug-likeness (QED) is 0.176. The van der Waals surface area contributed by atoms with Gasteiger partial charge in [0.15, 0.2) is 11.5 Å². The molecule has 0 radical (unpaired) electrons. The minimum absolute atomic E-state index is 0.431. The van der Waals surface area contributed by atoms with E-state index in [0.717, 1.165) is 35.8 Å². The molecule has 5 nitrogen and oxygen atoms in total. The first kappa shape index (κ1) is 23.3. The average Bonchev–Trinajstić information content (AvgIpc) is 3.21. The Bertz CT molecular complexity index is 1370. The third-order valence-electron chi connectivity index (χ3n) is 4.95. The number of benzene rings is 3. The Hall–Kier alpha value is -2.83. The zero-order valence-electron chi connectivity index (χ0n) is 18.2. The molecule has 0 unspecified atom stereocenters. The van der Waals surface area contributed by atoms with Crippen molar-refractivity contribution in [2.45, 2.75) is 20.5 Å². The van der Waals surface area contributed by atoms with E-state index >= 15 is 0 Å². The van der Waals surface area contributed by atoms with Gasteiger partial charge in [-0.2, -0.15) is 5.26 Å². The van der Waals surface area contributed by atoms with Crippen molar-refractivity contribution in [2.24, 2.45) is 0 Å². The van der Waals surface area contributed by atoms with Gasteiger partial charge >= 0.3 is 0 Å². The monoisotopic (exact) mass is 613 g/mol. The van der Waals surface area contributed by atoms with E-state index in [1.54, 1.807) is 0 Å². The number of fused-ring (bicyclic) bond motifs is 1. The number of hydrogen-bond donors (Lipinski definition) is 1. The first-order valence-electron chi connectivity index (χ1n) is 10.4. The standard InChI is InChI=1S/C26H21BrIN3O2/c1-3-32-24-13-18(12-21(28)25(24)33-15-17-5-7-20(27)8-6-17)11-19(14-29)26-30-22-9-4-16(2)10-23(22)31-26/h4-13H,3,15H2,1-2H3,(H,30,31)/b19-11-. The summed E-state index contributed by atoms with van der Waals surface area (Å²) in [7, 11) is 0. The number of nitriles is 1. The Morgan fingerprint density at radius 1 is 1.15 bits per heavy atom. The summed E-state index contributed by atoms with van der Waals surface area (Å²) in [5.41, 5.74) is 5.23. The van der Waals surface area contributed by atoms with Gasteiger partial charge in [0.2, 0.25) is 0 Å². The fraction of sp³-hybridized carbons (Fsp3) is 0.154. The zero-order valence-corrected chi connectivity index (χ0v) is 21.9. The lowest BCUT2D eigenvalue weighted by Crippen LogP contribution is -2.02. The maximum atomic E-state index is 9.81. The SMILES string of the molecule is CCOc1cc(/C=C(/C#N)c2nc3ccc(C)cc3[nH]2)cc(I)c1OCc1ccc(Br)cc1. The summed E-state index contributed by atoms with van der Waals surface area (Å²) in [6.45, 7) is 4.90. The maximum Gasteiger partial charge on any atom is 0.175 e. The molecule has 33 heavy (non-hydrogen) atoms. The van der Waals surface area contributed by atoms with Crippen LogP contribution < -0.4 is 9.47 Å². The van der Waals surface area contributed by atoms with Gasteiger partial charge in [0.05, 0.1) is 26.8 Å². The number of ether oxygens (including phenoxy) is 2. The van der Waals surface area contributed by atoms with E-state index in [4.69, 9.17) is 9.47 Å². The molecule has 0 bridgehead atoms. The zero-order chi connectivity index (χ0) is 23.4. The van der Waals surface area contributed by atoms with Crippen molar-refractivity contribution in [1.29, 1.82) is 5.26 Å². The van der Waals surface area contributed by atoms with E-state index < -0.39 is 0 Å². The van der Waals surface area contributed by atoms with Crippen LogP contribution in [-0.2, 0) is 6.61 Å². The predicted octanol–water partition coefficient (Wildman–Crippen LogP) is 7.28. The smallest absolute Gasteiger partial charge is 0.175 e. The van der Waals surface area contributed by atoms with E-state index in [0.29, 0.717) is 36.1 Å². The van der Waals surface area contributed by atoms with E-state index in [-0.39, 0.29) is 0 Å². The van der Waals surface area contributed by atoms with Crippen molar-refractivity contribution >= 4 is 61.2 Å². The lowest BCUT2D eigenvalue weighted by molar-refractivity contribution is 0.267. The van der Waals surface area contributed by atoms with Gasteiger partial charge < -0.3 is 14.5 Å². The molecule has 0 aliphatic rings. The third-order valence-corrected chi connectivity index (χ3v) is 6.28. The molecular formula is C26H21BrIN3O2. The number of nitrogens with one attached hydrogen (secondary N) is 1. The second-order valence-electron chi connectivity index (χ2n) is 7.45. The molecule has 0 fully saturated rings. The Morgan fingerprint density at radius 2 is 1.94 bits per heavy atom. The fourth-order valence-corrected chi connectivity index (χ4v) is 4.43. The minimum atomic E-state index is 0.431. The highest BCUT2D eigenvalue weighted by atomic mass is 127. The molecule has 0 atom stereocenters. The summed E-state index contributed by atoms with van der Waals surface area (Å²) in [5, 5.41) is 9.81. The van der Waals surface area contributed by atoms with Gasteiger partial charge in [0, 0.05) is 4.47 Å². The van der Waals surface area contributed by atoms with Crippen molar-refractivity contribution < 1.29 is 9.47 Å². The summed E-state index contributed by atoms with van der Waals surface area (Å²) in [5.74, 6) is 1.88. The molecule has 1 aromatic heterocycles. The highest BCUT2D eigenvalue weighted by Gasteiger charge is 2.14. The molecule has 7 heteroatoms. The Balaban J connectivity index is 1.65. The van der Waals surface area contributed by atoms with Gasteiger partial charge in [-0.25, -0.2) is 4.98 Å². The number of aromatic nitrogens is 2. The molecule has 1 N–H and O–H groups in total. The van der Waals surface area contributed by atoms with Crippen LogP contribution in [0.4, 0.5) is 0 Å². The highest BCUT2D eigenvalue weighted by Crippen LogP contribution is 2.36. The van der Waals surface area contributed by atoms with E-state index in [2.05, 4.69) is 54.6 Å². The molecule has 0 saturated heterocycles. The van der Waals surface area contributed by atoms with Crippen LogP contribution in [0.25, 0.3) is 22.7 Å². The van der Waals surface area contributed by atoms with Gasteiger partial charge in [-0.1, -0.05) is 34.1 Å².